The zero-order chi connectivity index (χ0) is 20.9. The Balaban J connectivity index is 1.57. The van der Waals surface area contributed by atoms with E-state index in [-0.39, 0.29) is 6.01 Å². The van der Waals surface area contributed by atoms with Crippen molar-refractivity contribution in [2.45, 2.75) is 19.9 Å². The molecule has 0 saturated heterocycles. The molecule has 152 valence electrons. The molecule has 0 atom stereocenters. The lowest BCUT2D eigenvalue weighted by Gasteiger charge is -2.19. The number of aromatic carboxylic acids is 1. The van der Waals surface area contributed by atoms with E-state index in [0.717, 1.165) is 28.7 Å². The van der Waals surface area contributed by atoms with E-state index in [2.05, 4.69) is 30.8 Å². The summed E-state index contributed by atoms with van der Waals surface area (Å²) in [7, 11) is 0. The standard InChI is InChI=1S/C20H19N7O3/c1-2-11-27(20-24-23-18(30-20)19(28)29)12-13-7-9-14(10-8-13)15-5-3-4-6-16(15)17-21-25-26-22-17/h3-10H,2,11-12H2,1H3,(H,28,29)(H,21,22,25,26). The van der Waals surface area contributed by atoms with Crippen molar-refractivity contribution in [1.29, 1.82) is 0 Å². The van der Waals surface area contributed by atoms with Crippen LogP contribution >= 0.6 is 0 Å². The van der Waals surface area contributed by atoms with E-state index in [1.54, 1.807) is 0 Å². The summed E-state index contributed by atoms with van der Waals surface area (Å²) in [5.74, 6) is -1.12. The number of aromatic amines is 1. The van der Waals surface area contributed by atoms with Crippen LogP contribution in [-0.2, 0) is 6.54 Å². The fourth-order valence-corrected chi connectivity index (χ4v) is 3.16. The molecular weight excluding hydrogens is 386 g/mol. The highest BCUT2D eigenvalue weighted by Gasteiger charge is 2.18. The molecule has 0 unspecified atom stereocenters. The van der Waals surface area contributed by atoms with Crippen molar-refractivity contribution in [3.8, 4) is 22.5 Å². The lowest BCUT2D eigenvalue weighted by molar-refractivity contribution is 0.0654. The number of rotatable bonds is 8. The minimum atomic E-state index is -1.24. The largest absolute Gasteiger partial charge is 0.474 e. The lowest BCUT2D eigenvalue weighted by Crippen LogP contribution is -2.23. The first-order valence-corrected chi connectivity index (χ1v) is 9.39. The summed E-state index contributed by atoms with van der Waals surface area (Å²) in [6, 6.07) is 16.1. The number of carboxylic acids is 1. The average Bonchev–Trinajstić information content (AvgIpc) is 3.46. The minimum Gasteiger partial charge on any atom is -0.474 e. The number of tetrazole rings is 1. The summed E-state index contributed by atoms with van der Waals surface area (Å²) in [5.41, 5.74) is 3.93. The predicted molar refractivity (Wildman–Crippen MR) is 108 cm³/mol. The number of nitrogens with zero attached hydrogens (tertiary/aromatic N) is 6. The SMILES string of the molecule is CCCN(Cc1ccc(-c2ccccc2-c2nn[nH]n2)cc1)c1nnc(C(=O)O)o1. The van der Waals surface area contributed by atoms with Crippen molar-refractivity contribution >= 4 is 12.0 Å². The zero-order valence-corrected chi connectivity index (χ0v) is 16.2. The topological polar surface area (TPSA) is 134 Å². The molecule has 0 saturated carbocycles. The van der Waals surface area contributed by atoms with Gasteiger partial charge in [-0.3, -0.25) is 0 Å². The third-order valence-electron chi connectivity index (χ3n) is 4.51. The molecule has 4 rings (SSSR count). The van der Waals surface area contributed by atoms with Crippen LogP contribution in [0.25, 0.3) is 22.5 Å². The lowest BCUT2D eigenvalue weighted by atomic mass is 9.98. The van der Waals surface area contributed by atoms with Crippen LogP contribution in [0.1, 0.15) is 29.6 Å². The van der Waals surface area contributed by atoms with E-state index in [0.29, 0.717) is 18.9 Å². The first-order chi connectivity index (χ1) is 14.7. The second-order valence-corrected chi connectivity index (χ2v) is 6.59. The van der Waals surface area contributed by atoms with Gasteiger partial charge in [-0.1, -0.05) is 65.7 Å². The molecule has 0 amide bonds. The van der Waals surface area contributed by atoms with E-state index in [4.69, 9.17) is 9.52 Å². The van der Waals surface area contributed by atoms with Gasteiger partial charge in [0.1, 0.15) is 0 Å². The molecule has 0 aliphatic rings. The van der Waals surface area contributed by atoms with E-state index >= 15 is 0 Å². The second-order valence-electron chi connectivity index (χ2n) is 6.59. The number of carboxylic acid groups (broad SMARTS) is 1. The fourth-order valence-electron chi connectivity index (χ4n) is 3.16. The number of carbonyl (C=O) groups is 1. The summed E-state index contributed by atoms with van der Waals surface area (Å²) in [5, 5.41) is 30.7. The van der Waals surface area contributed by atoms with Crippen LogP contribution in [0.4, 0.5) is 6.01 Å². The maximum atomic E-state index is 11.0. The third kappa shape index (κ3) is 4.02. The van der Waals surface area contributed by atoms with Crippen LogP contribution in [0.3, 0.4) is 0 Å². The summed E-state index contributed by atoms with van der Waals surface area (Å²) < 4.78 is 5.26. The van der Waals surface area contributed by atoms with E-state index in [1.165, 1.54) is 0 Å². The number of H-pyrrole nitrogens is 1. The maximum absolute atomic E-state index is 11.0. The monoisotopic (exact) mass is 405 g/mol. The summed E-state index contributed by atoms with van der Waals surface area (Å²) in [6.45, 7) is 3.20. The quantitative estimate of drug-likeness (QED) is 0.453. The Labute approximate surface area is 171 Å². The van der Waals surface area contributed by atoms with Gasteiger partial charge >= 0.3 is 17.9 Å². The molecule has 30 heavy (non-hydrogen) atoms. The number of hydrogen-bond donors (Lipinski definition) is 2. The van der Waals surface area contributed by atoms with Crippen molar-refractivity contribution < 1.29 is 14.3 Å². The highest BCUT2D eigenvalue weighted by atomic mass is 16.4. The molecular formula is C20H19N7O3. The van der Waals surface area contributed by atoms with Crippen molar-refractivity contribution in [2.75, 3.05) is 11.4 Å². The highest BCUT2D eigenvalue weighted by Crippen LogP contribution is 2.30. The van der Waals surface area contributed by atoms with Gasteiger partial charge in [0, 0.05) is 18.7 Å². The maximum Gasteiger partial charge on any atom is 0.393 e. The summed E-state index contributed by atoms with van der Waals surface area (Å²) >= 11 is 0. The number of nitrogens with one attached hydrogen (secondary N) is 1. The van der Waals surface area contributed by atoms with Gasteiger partial charge in [-0.2, -0.15) is 5.21 Å². The zero-order valence-electron chi connectivity index (χ0n) is 16.2. The van der Waals surface area contributed by atoms with Crippen LogP contribution < -0.4 is 4.90 Å². The van der Waals surface area contributed by atoms with Crippen molar-refractivity contribution in [2.24, 2.45) is 0 Å². The van der Waals surface area contributed by atoms with Gasteiger partial charge in [0.25, 0.3) is 0 Å². The van der Waals surface area contributed by atoms with Gasteiger partial charge in [0.2, 0.25) is 5.82 Å². The minimum absolute atomic E-state index is 0.195. The Hall–Kier alpha value is -4.08. The molecule has 2 heterocycles. The first kappa shape index (κ1) is 19.2. The number of aromatic nitrogens is 6. The summed E-state index contributed by atoms with van der Waals surface area (Å²) in [4.78, 5) is 12.9. The van der Waals surface area contributed by atoms with E-state index in [9.17, 15) is 4.79 Å². The Morgan fingerprint density at radius 2 is 1.83 bits per heavy atom. The molecule has 2 aromatic heterocycles. The second kappa shape index (κ2) is 8.52. The number of hydrogen-bond acceptors (Lipinski definition) is 8. The molecule has 4 aromatic rings. The van der Waals surface area contributed by atoms with Crippen LogP contribution in [0.5, 0.6) is 0 Å². The predicted octanol–water partition coefficient (Wildman–Crippen LogP) is 3.03. The molecule has 0 fully saturated rings. The highest BCUT2D eigenvalue weighted by molar-refractivity contribution is 5.82. The molecule has 10 nitrogen and oxygen atoms in total. The van der Waals surface area contributed by atoms with Gasteiger partial charge in [-0.15, -0.1) is 10.2 Å². The van der Waals surface area contributed by atoms with Crippen LogP contribution in [0.2, 0.25) is 0 Å². The normalized spacial score (nSPS) is 10.8. The van der Waals surface area contributed by atoms with Crippen LogP contribution in [0.15, 0.2) is 52.9 Å². The molecule has 0 radical (unpaired) electrons. The Morgan fingerprint density at radius 1 is 1.07 bits per heavy atom. The molecule has 2 N–H and O–H groups in total. The number of anilines is 1. The molecule has 10 heteroatoms. The summed E-state index contributed by atoms with van der Waals surface area (Å²) in [6.07, 6.45) is 0.848. The van der Waals surface area contributed by atoms with Crippen LogP contribution in [-0.4, -0.2) is 48.4 Å². The first-order valence-electron chi connectivity index (χ1n) is 9.39. The van der Waals surface area contributed by atoms with Gasteiger partial charge in [0.15, 0.2) is 0 Å². The fraction of sp³-hybridized carbons (Fsp3) is 0.200. The van der Waals surface area contributed by atoms with Crippen LogP contribution in [0, 0.1) is 0 Å². The molecule has 0 aliphatic heterocycles. The van der Waals surface area contributed by atoms with Crippen molar-refractivity contribution in [3.63, 3.8) is 0 Å². The van der Waals surface area contributed by atoms with Gasteiger partial charge in [0.05, 0.1) is 0 Å². The Bertz CT molecular complexity index is 1120. The Kier molecular flexibility index (Phi) is 5.46. The molecule has 0 spiro atoms. The van der Waals surface area contributed by atoms with Gasteiger partial charge in [-0.25, -0.2) is 4.79 Å². The smallest absolute Gasteiger partial charge is 0.393 e. The third-order valence-corrected chi connectivity index (χ3v) is 4.51. The van der Waals surface area contributed by atoms with Gasteiger partial charge in [-0.05, 0) is 28.3 Å². The molecule has 2 aromatic carbocycles. The van der Waals surface area contributed by atoms with Gasteiger partial charge < -0.3 is 14.4 Å². The average molecular weight is 405 g/mol. The van der Waals surface area contributed by atoms with E-state index in [1.807, 2.05) is 60.4 Å². The molecule has 0 aliphatic carbocycles. The van der Waals surface area contributed by atoms with E-state index < -0.39 is 11.9 Å². The Morgan fingerprint density at radius 3 is 2.47 bits per heavy atom. The molecule has 0 bridgehead atoms. The van der Waals surface area contributed by atoms with Crippen molar-refractivity contribution in [3.05, 3.63) is 60.0 Å². The number of benzene rings is 2. The van der Waals surface area contributed by atoms with Crippen molar-refractivity contribution in [1.82, 2.24) is 30.8 Å².